The van der Waals surface area contributed by atoms with Crippen molar-refractivity contribution in [2.24, 2.45) is 5.92 Å². The molecule has 3 unspecified atom stereocenters. The zero-order chi connectivity index (χ0) is 18.3. The number of benzene rings is 2. The number of hydrogen-bond acceptors (Lipinski definition) is 2. The first kappa shape index (κ1) is 16.7. The third-order valence-electron chi connectivity index (χ3n) is 5.87. The van der Waals surface area contributed by atoms with E-state index in [1.165, 1.54) is 16.9 Å². The molecule has 0 saturated heterocycles. The van der Waals surface area contributed by atoms with Crippen molar-refractivity contribution in [3.8, 4) is 0 Å². The van der Waals surface area contributed by atoms with Crippen molar-refractivity contribution in [2.75, 3.05) is 9.80 Å². The molecule has 0 radical (unpaired) electrons. The monoisotopic (exact) mass is 342 g/mol. The molecule has 2 aliphatic rings. The lowest BCUT2D eigenvalue weighted by molar-refractivity contribution is 0.355. The molecular formula is C24H26N2. The molecule has 2 heterocycles. The van der Waals surface area contributed by atoms with Gasteiger partial charge in [0.2, 0.25) is 0 Å². The van der Waals surface area contributed by atoms with Crippen LogP contribution >= 0.6 is 0 Å². The van der Waals surface area contributed by atoms with E-state index in [0.717, 1.165) is 17.8 Å². The number of nitrogens with zero attached hydrogens (tertiary/aromatic N) is 2. The molecular weight excluding hydrogens is 316 g/mol. The molecule has 132 valence electrons. The normalized spacial score (nSPS) is 24.3. The number of hydrogen-bond donors (Lipinski definition) is 0. The van der Waals surface area contributed by atoms with E-state index in [1.54, 1.807) is 0 Å². The smallest absolute Gasteiger partial charge is 0.114 e. The summed E-state index contributed by atoms with van der Waals surface area (Å²) in [7, 11) is 0. The van der Waals surface area contributed by atoms with E-state index < -0.39 is 0 Å². The van der Waals surface area contributed by atoms with E-state index in [9.17, 15) is 0 Å². The van der Waals surface area contributed by atoms with Crippen LogP contribution < -0.4 is 9.80 Å². The van der Waals surface area contributed by atoms with Crippen LogP contribution in [0.3, 0.4) is 0 Å². The molecule has 2 aliphatic heterocycles. The van der Waals surface area contributed by atoms with Crippen molar-refractivity contribution in [1.82, 2.24) is 0 Å². The van der Waals surface area contributed by atoms with Gasteiger partial charge in [-0.15, -0.1) is 0 Å². The van der Waals surface area contributed by atoms with Gasteiger partial charge in [0.15, 0.2) is 0 Å². The van der Waals surface area contributed by atoms with E-state index in [0.29, 0.717) is 11.8 Å². The van der Waals surface area contributed by atoms with Gasteiger partial charge in [0, 0.05) is 17.3 Å². The van der Waals surface area contributed by atoms with Gasteiger partial charge < -0.3 is 9.80 Å². The summed E-state index contributed by atoms with van der Waals surface area (Å²) < 4.78 is 0. The van der Waals surface area contributed by atoms with Gasteiger partial charge in [-0.05, 0) is 48.3 Å². The molecule has 3 atom stereocenters. The van der Waals surface area contributed by atoms with Crippen LogP contribution in [0.25, 0.3) is 0 Å². The standard InChI is InChI=1S/C24H26N2/c1-5-19-17(4)24-25(18-13-9-8-10-14-18)21(6-2)22(7-3)26(24)23-16-12-11-15-20(19)23/h6-17,19,24H,2-3,5H2,1,4H3. The van der Waals surface area contributed by atoms with Gasteiger partial charge in [-0.2, -0.15) is 0 Å². The average Bonchev–Trinajstić information content (AvgIpc) is 3.04. The summed E-state index contributed by atoms with van der Waals surface area (Å²) in [5.74, 6) is 1.01. The molecule has 0 spiro atoms. The second-order valence-corrected chi connectivity index (χ2v) is 7.10. The van der Waals surface area contributed by atoms with Crippen molar-refractivity contribution in [3.05, 3.63) is 96.9 Å². The second kappa shape index (κ2) is 6.53. The van der Waals surface area contributed by atoms with Gasteiger partial charge in [-0.25, -0.2) is 0 Å². The SMILES string of the molecule is C=CC1=C(C=C)N2c3ccccc3C(CC)C(C)C2N1c1ccccc1. The van der Waals surface area contributed by atoms with Gasteiger partial charge in [0.05, 0.1) is 11.4 Å². The van der Waals surface area contributed by atoms with Crippen LogP contribution in [0.4, 0.5) is 11.4 Å². The number of allylic oxidation sites excluding steroid dienone is 2. The molecule has 0 aliphatic carbocycles. The summed E-state index contributed by atoms with van der Waals surface area (Å²) in [5.41, 5.74) is 6.22. The fraction of sp³-hybridized carbons (Fsp3) is 0.250. The first-order valence-corrected chi connectivity index (χ1v) is 9.44. The fourth-order valence-corrected chi connectivity index (χ4v) is 4.78. The van der Waals surface area contributed by atoms with Crippen LogP contribution in [0.5, 0.6) is 0 Å². The average molecular weight is 342 g/mol. The molecule has 0 fully saturated rings. The quantitative estimate of drug-likeness (QED) is 0.666. The molecule has 2 nitrogen and oxygen atoms in total. The maximum absolute atomic E-state index is 4.12. The summed E-state index contributed by atoms with van der Waals surface area (Å²) in [4.78, 5) is 4.90. The Kier molecular flexibility index (Phi) is 4.20. The van der Waals surface area contributed by atoms with Crippen LogP contribution in [0.15, 0.2) is 91.3 Å². The molecule has 2 heteroatoms. The van der Waals surface area contributed by atoms with Gasteiger partial charge in [0.1, 0.15) is 6.17 Å². The first-order valence-electron chi connectivity index (χ1n) is 9.44. The highest BCUT2D eigenvalue weighted by molar-refractivity contribution is 5.74. The maximum atomic E-state index is 4.12. The lowest BCUT2D eigenvalue weighted by Gasteiger charge is -2.46. The minimum atomic E-state index is 0.234. The molecule has 0 amide bonds. The maximum Gasteiger partial charge on any atom is 0.114 e. The summed E-state index contributed by atoms with van der Waals surface area (Å²) in [6.45, 7) is 12.9. The second-order valence-electron chi connectivity index (χ2n) is 7.10. The number of rotatable bonds is 4. The fourth-order valence-electron chi connectivity index (χ4n) is 4.78. The van der Waals surface area contributed by atoms with E-state index in [1.807, 2.05) is 12.2 Å². The predicted molar refractivity (Wildman–Crippen MR) is 111 cm³/mol. The first-order chi connectivity index (χ1) is 12.7. The zero-order valence-electron chi connectivity index (χ0n) is 15.6. The van der Waals surface area contributed by atoms with Crippen LogP contribution in [-0.4, -0.2) is 6.17 Å². The topological polar surface area (TPSA) is 6.48 Å². The highest BCUT2D eigenvalue weighted by Crippen LogP contribution is 2.51. The van der Waals surface area contributed by atoms with Crippen molar-refractivity contribution < 1.29 is 0 Å². The summed E-state index contributed by atoms with van der Waals surface area (Å²) in [6, 6.07) is 19.5. The molecule has 4 rings (SSSR count). The van der Waals surface area contributed by atoms with Gasteiger partial charge in [-0.3, -0.25) is 0 Å². The van der Waals surface area contributed by atoms with Gasteiger partial charge in [-0.1, -0.05) is 63.4 Å². The lowest BCUT2D eigenvalue weighted by Crippen LogP contribution is -2.50. The molecule has 0 saturated carbocycles. The Hall–Kier alpha value is -2.74. The van der Waals surface area contributed by atoms with Crippen molar-refractivity contribution in [3.63, 3.8) is 0 Å². The summed E-state index contributed by atoms with van der Waals surface area (Å²) >= 11 is 0. The molecule has 2 aromatic carbocycles. The highest BCUT2D eigenvalue weighted by atomic mass is 15.4. The van der Waals surface area contributed by atoms with Crippen LogP contribution in [0, 0.1) is 5.92 Å². The van der Waals surface area contributed by atoms with Crippen LogP contribution in [0.1, 0.15) is 31.7 Å². The summed E-state index contributed by atoms with van der Waals surface area (Å²) in [5, 5.41) is 0. The Morgan fingerprint density at radius 1 is 0.885 bits per heavy atom. The van der Waals surface area contributed by atoms with Crippen LogP contribution in [0.2, 0.25) is 0 Å². The van der Waals surface area contributed by atoms with Gasteiger partial charge in [0.25, 0.3) is 0 Å². The van der Waals surface area contributed by atoms with E-state index in [2.05, 4.69) is 91.4 Å². The number of fused-ring (bicyclic) bond motifs is 3. The molecule has 0 N–H and O–H groups in total. The molecule has 0 aromatic heterocycles. The highest BCUT2D eigenvalue weighted by Gasteiger charge is 2.47. The third kappa shape index (κ3) is 2.25. The Labute approximate surface area is 156 Å². The van der Waals surface area contributed by atoms with E-state index >= 15 is 0 Å². The van der Waals surface area contributed by atoms with Crippen LogP contribution in [-0.2, 0) is 0 Å². The lowest BCUT2D eigenvalue weighted by atomic mass is 9.78. The van der Waals surface area contributed by atoms with E-state index in [4.69, 9.17) is 0 Å². The van der Waals surface area contributed by atoms with Crippen molar-refractivity contribution in [1.29, 1.82) is 0 Å². The number of para-hydroxylation sites is 2. The Morgan fingerprint density at radius 2 is 1.50 bits per heavy atom. The Bertz CT molecular complexity index is 865. The predicted octanol–water partition coefficient (Wildman–Crippen LogP) is 6.07. The van der Waals surface area contributed by atoms with Crippen molar-refractivity contribution in [2.45, 2.75) is 32.4 Å². The Morgan fingerprint density at radius 3 is 2.15 bits per heavy atom. The largest absolute Gasteiger partial charge is 0.318 e. The minimum Gasteiger partial charge on any atom is -0.318 e. The minimum absolute atomic E-state index is 0.234. The summed E-state index contributed by atoms with van der Waals surface area (Å²) in [6.07, 6.45) is 5.32. The number of anilines is 2. The molecule has 0 bridgehead atoms. The molecule has 2 aromatic rings. The van der Waals surface area contributed by atoms with E-state index in [-0.39, 0.29) is 6.17 Å². The molecule has 26 heavy (non-hydrogen) atoms. The zero-order valence-corrected chi connectivity index (χ0v) is 15.6. The van der Waals surface area contributed by atoms with Gasteiger partial charge >= 0.3 is 0 Å². The Balaban J connectivity index is 1.97. The third-order valence-corrected chi connectivity index (χ3v) is 5.87. The van der Waals surface area contributed by atoms with Crippen molar-refractivity contribution >= 4 is 11.4 Å².